The number of rotatable bonds is 3. The molecule has 4 heteroatoms. The molecule has 1 heterocycles. The molecule has 0 saturated carbocycles. The lowest BCUT2D eigenvalue weighted by molar-refractivity contribution is 0.112. The summed E-state index contributed by atoms with van der Waals surface area (Å²) >= 11 is 12.3. The van der Waals surface area contributed by atoms with Crippen molar-refractivity contribution in [1.29, 1.82) is 0 Å². The van der Waals surface area contributed by atoms with Crippen molar-refractivity contribution in [3.63, 3.8) is 0 Å². The topological polar surface area (TPSA) is 22.0 Å². The monoisotopic (exact) mass is 303 g/mol. The fraction of sp³-hybridized carbons (Fsp3) is 0.0625. The Balaban J connectivity index is 2.14. The van der Waals surface area contributed by atoms with Crippen molar-refractivity contribution in [3.05, 3.63) is 69.8 Å². The fourth-order valence-electron chi connectivity index (χ4n) is 2.39. The number of para-hydroxylation sites is 1. The number of fused-ring (bicyclic) bond motifs is 1. The quantitative estimate of drug-likeness (QED) is 0.636. The van der Waals surface area contributed by atoms with Gasteiger partial charge in [0.1, 0.15) is 0 Å². The van der Waals surface area contributed by atoms with Crippen LogP contribution in [0, 0.1) is 0 Å². The van der Waals surface area contributed by atoms with Crippen molar-refractivity contribution in [2.45, 2.75) is 6.54 Å². The van der Waals surface area contributed by atoms with Crippen LogP contribution in [-0.4, -0.2) is 10.9 Å². The van der Waals surface area contributed by atoms with Gasteiger partial charge in [-0.1, -0.05) is 47.5 Å². The number of aldehydes is 1. The molecule has 2 nitrogen and oxygen atoms in total. The molecule has 20 heavy (non-hydrogen) atoms. The Morgan fingerprint density at radius 3 is 2.65 bits per heavy atom. The maximum atomic E-state index is 11.2. The van der Waals surface area contributed by atoms with Crippen LogP contribution in [0.5, 0.6) is 0 Å². The van der Waals surface area contributed by atoms with Crippen molar-refractivity contribution < 1.29 is 4.79 Å². The minimum Gasteiger partial charge on any atom is -0.341 e. The number of carbonyl (C=O) groups excluding carboxylic acids is 1. The van der Waals surface area contributed by atoms with E-state index in [1.807, 2.05) is 53.2 Å². The summed E-state index contributed by atoms with van der Waals surface area (Å²) in [5.74, 6) is 0. The van der Waals surface area contributed by atoms with Gasteiger partial charge in [0.05, 0.1) is 10.5 Å². The Bertz CT molecular complexity index is 792. The summed E-state index contributed by atoms with van der Waals surface area (Å²) in [6.07, 6.45) is 2.68. The third-order valence-corrected chi connectivity index (χ3v) is 3.79. The zero-order chi connectivity index (χ0) is 14.1. The largest absolute Gasteiger partial charge is 0.341 e. The van der Waals surface area contributed by atoms with E-state index in [2.05, 4.69) is 0 Å². The van der Waals surface area contributed by atoms with E-state index < -0.39 is 0 Å². The Hall–Kier alpha value is -1.77. The molecule has 2 aromatic carbocycles. The third-order valence-electron chi connectivity index (χ3n) is 3.25. The van der Waals surface area contributed by atoms with E-state index in [0.29, 0.717) is 22.2 Å². The maximum absolute atomic E-state index is 11.2. The molecular formula is C16H11Cl2NO. The molecule has 3 aromatic rings. The van der Waals surface area contributed by atoms with Crippen LogP contribution in [0.25, 0.3) is 10.9 Å². The Morgan fingerprint density at radius 1 is 1.10 bits per heavy atom. The molecular weight excluding hydrogens is 293 g/mol. The van der Waals surface area contributed by atoms with Crippen molar-refractivity contribution in [3.8, 4) is 0 Å². The highest BCUT2D eigenvalue weighted by molar-refractivity contribution is 6.35. The second-order valence-corrected chi connectivity index (χ2v) is 5.44. The Labute approximate surface area is 126 Å². The zero-order valence-electron chi connectivity index (χ0n) is 10.5. The van der Waals surface area contributed by atoms with Crippen LogP contribution in [0.1, 0.15) is 15.9 Å². The molecule has 3 rings (SSSR count). The average molecular weight is 304 g/mol. The van der Waals surface area contributed by atoms with Gasteiger partial charge in [-0.05, 0) is 23.8 Å². The predicted octanol–water partition coefficient (Wildman–Crippen LogP) is 4.81. The molecule has 0 bridgehead atoms. The van der Waals surface area contributed by atoms with Gasteiger partial charge < -0.3 is 4.57 Å². The first-order valence-electron chi connectivity index (χ1n) is 6.16. The van der Waals surface area contributed by atoms with E-state index in [4.69, 9.17) is 23.2 Å². The minimum absolute atomic E-state index is 0.620. The average Bonchev–Trinajstić information content (AvgIpc) is 2.78. The SMILES string of the molecule is O=Cc1cn(Cc2cccc(Cl)c2)c2c(Cl)cccc12. The van der Waals surface area contributed by atoms with Gasteiger partial charge in [-0.2, -0.15) is 0 Å². The molecule has 0 atom stereocenters. The van der Waals surface area contributed by atoms with Gasteiger partial charge in [-0.15, -0.1) is 0 Å². The summed E-state index contributed by atoms with van der Waals surface area (Å²) in [4.78, 5) is 11.2. The Morgan fingerprint density at radius 2 is 1.90 bits per heavy atom. The molecule has 0 aliphatic heterocycles. The lowest BCUT2D eigenvalue weighted by Gasteiger charge is -2.07. The molecule has 0 spiro atoms. The van der Waals surface area contributed by atoms with E-state index in [-0.39, 0.29) is 0 Å². The van der Waals surface area contributed by atoms with Crippen LogP contribution in [0.3, 0.4) is 0 Å². The summed E-state index contributed by atoms with van der Waals surface area (Å²) in [7, 11) is 0. The van der Waals surface area contributed by atoms with E-state index in [0.717, 1.165) is 22.8 Å². The standard InChI is InChI=1S/C16H11Cl2NO/c17-13-4-1-3-11(7-13)8-19-9-12(10-20)14-5-2-6-15(18)16(14)19/h1-7,9-10H,8H2. The first kappa shape index (κ1) is 13.2. The number of halogens is 2. The number of hydrogen-bond acceptors (Lipinski definition) is 1. The normalized spacial score (nSPS) is 10.9. The van der Waals surface area contributed by atoms with E-state index >= 15 is 0 Å². The van der Waals surface area contributed by atoms with Gasteiger partial charge in [-0.3, -0.25) is 4.79 Å². The molecule has 0 N–H and O–H groups in total. The van der Waals surface area contributed by atoms with Crippen molar-refractivity contribution >= 4 is 40.4 Å². The number of aromatic nitrogens is 1. The lowest BCUT2D eigenvalue weighted by Crippen LogP contribution is -1.98. The van der Waals surface area contributed by atoms with Crippen molar-refractivity contribution in [2.75, 3.05) is 0 Å². The number of nitrogens with zero attached hydrogens (tertiary/aromatic N) is 1. The van der Waals surface area contributed by atoms with E-state index in [1.165, 1.54) is 0 Å². The van der Waals surface area contributed by atoms with Gasteiger partial charge in [-0.25, -0.2) is 0 Å². The maximum Gasteiger partial charge on any atom is 0.152 e. The van der Waals surface area contributed by atoms with Gasteiger partial charge in [0, 0.05) is 28.7 Å². The van der Waals surface area contributed by atoms with Crippen LogP contribution in [0.4, 0.5) is 0 Å². The summed E-state index contributed by atoms with van der Waals surface area (Å²) in [6, 6.07) is 13.2. The summed E-state index contributed by atoms with van der Waals surface area (Å²) in [5.41, 5.74) is 2.58. The van der Waals surface area contributed by atoms with E-state index in [1.54, 1.807) is 0 Å². The molecule has 0 fully saturated rings. The number of carbonyl (C=O) groups is 1. The minimum atomic E-state index is 0.620. The molecule has 100 valence electrons. The second-order valence-electron chi connectivity index (χ2n) is 4.60. The van der Waals surface area contributed by atoms with Gasteiger partial charge in [0.15, 0.2) is 6.29 Å². The highest BCUT2D eigenvalue weighted by Crippen LogP contribution is 2.28. The zero-order valence-corrected chi connectivity index (χ0v) is 12.0. The van der Waals surface area contributed by atoms with Gasteiger partial charge >= 0.3 is 0 Å². The molecule has 0 aliphatic carbocycles. The molecule has 0 amide bonds. The van der Waals surface area contributed by atoms with Crippen LogP contribution >= 0.6 is 23.2 Å². The summed E-state index contributed by atoms with van der Waals surface area (Å²) < 4.78 is 1.98. The first-order valence-corrected chi connectivity index (χ1v) is 6.91. The van der Waals surface area contributed by atoms with Crippen LogP contribution in [0.15, 0.2) is 48.7 Å². The Kier molecular flexibility index (Phi) is 3.51. The van der Waals surface area contributed by atoms with Gasteiger partial charge in [0.2, 0.25) is 0 Å². The summed E-state index contributed by atoms with van der Waals surface area (Å²) in [6.45, 7) is 0.620. The van der Waals surface area contributed by atoms with Crippen LogP contribution < -0.4 is 0 Å². The summed E-state index contributed by atoms with van der Waals surface area (Å²) in [5, 5.41) is 2.20. The van der Waals surface area contributed by atoms with Crippen LogP contribution in [-0.2, 0) is 6.54 Å². The fourth-order valence-corrected chi connectivity index (χ4v) is 2.89. The molecule has 0 aliphatic rings. The van der Waals surface area contributed by atoms with Crippen molar-refractivity contribution in [1.82, 2.24) is 4.57 Å². The molecule has 0 radical (unpaired) electrons. The third kappa shape index (κ3) is 2.33. The molecule has 0 unspecified atom stereocenters. The lowest BCUT2D eigenvalue weighted by atomic mass is 10.2. The first-order chi connectivity index (χ1) is 9.69. The van der Waals surface area contributed by atoms with Gasteiger partial charge in [0.25, 0.3) is 0 Å². The second kappa shape index (κ2) is 5.31. The number of benzene rings is 2. The number of hydrogen-bond donors (Lipinski definition) is 0. The molecule has 0 saturated heterocycles. The highest BCUT2D eigenvalue weighted by Gasteiger charge is 2.11. The molecule has 1 aromatic heterocycles. The van der Waals surface area contributed by atoms with Crippen LogP contribution in [0.2, 0.25) is 10.0 Å². The smallest absolute Gasteiger partial charge is 0.152 e. The van der Waals surface area contributed by atoms with E-state index in [9.17, 15) is 4.79 Å². The predicted molar refractivity (Wildman–Crippen MR) is 82.9 cm³/mol. The highest BCUT2D eigenvalue weighted by atomic mass is 35.5. The van der Waals surface area contributed by atoms with Crippen molar-refractivity contribution in [2.24, 2.45) is 0 Å².